The number of unbranched alkanes of at least 4 members (excludes halogenated alkanes) is 1. The van der Waals surface area contributed by atoms with Crippen LogP contribution in [0.5, 0.6) is 0 Å². The van der Waals surface area contributed by atoms with Gasteiger partial charge in [0.15, 0.2) is 12.4 Å². The molecule has 2 rings (SSSR count). The third-order valence-electron chi connectivity index (χ3n) is 3.69. The highest BCUT2D eigenvalue weighted by atomic mass is 16.4. The maximum atomic E-state index is 12.0. The number of rotatable bonds is 6. The standard InChI is InChI=1S/C15H20N2O3/c18-14(17-12-6-7-13(17)15(19)20)8-2-5-11-16-9-3-1-4-10-16/h1,3-4,9-10,13H,2,5-8,11-12H2/p+1. The number of carbonyl (C=O) groups is 2. The van der Waals surface area contributed by atoms with Gasteiger partial charge in [-0.15, -0.1) is 0 Å². The second-order valence-corrected chi connectivity index (χ2v) is 5.15. The van der Waals surface area contributed by atoms with Crippen molar-refractivity contribution in [1.82, 2.24) is 4.90 Å². The second-order valence-electron chi connectivity index (χ2n) is 5.15. The predicted molar refractivity (Wildman–Crippen MR) is 72.9 cm³/mol. The smallest absolute Gasteiger partial charge is 0.326 e. The Kier molecular flexibility index (Phi) is 5.09. The summed E-state index contributed by atoms with van der Waals surface area (Å²) in [7, 11) is 0. The molecule has 1 atom stereocenters. The number of amides is 1. The Bertz CT molecular complexity index is 461. The molecule has 0 saturated carbocycles. The van der Waals surface area contributed by atoms with Crippen LogP contribution >= 0.6 is 0 Å². The minimum atomic E-state index is -0.879. The van der Waals surface area contributed by atoms with Crippen LogP contribution < -0.4 is 4.57 Å². The van der Waals surface area contributed by atoms with Crippen LogP contribution in [0.1, 0.15) is 32.1 Å². The molecule has 1 aromatic rings. The fourth-order valence-electron chi connectivity index (χ4n) is 2.62. The fraction of sp³-hybridized carbons (Fsp3) is 0.533. The van der Waals surface area contributed by atoms with E-state index in [4.69, 9.17) is 5.11 Å². The normalized spacial score (nSPS) is 18.2. The number of hydrogen-bond donors (Lipinski definition) is 1. The van der Waals surface area contributed by atoms with E-state index in [-0.39, 0.29) is 5.91 Å². The Morgan fingerprint density at radius 2 is 1.95 bits per heavy atom. The van der Waals surface area contributed by atoms with Gasteiger partial charge in [0.05, 0.1) is 0 Å². The number of hydrogen-bond acceptors (Lipinski definition) is 2. The van der Waals surface area contributed by atoms with Crippen molar-refractivity contribution in [1.29, 1.82) is 0 Å². The number of carboxylic acid groups (broad SMARTS) is 1. The van der Waals surface area contributed by atoms with E-state index in [1.807, 2.05) is 30.6 Å². The number of carbonyl (C=O) groups excluding carboxylic acids is 1. The van der Waals surface area contributed by atoms with Gasteiger partial charge in [0.2, 0.25) is 5.91 Å². The van der Waals surface area contributed by atoms with E-state index in [1.165, 1.54) is 4.90 Å². The summed E-state index contributed by atoms with van der Waals surface area (Å²) in [5.74, 6) is -0.899. The Balaban J connectivity index is 1.71. The third-order valence-corrected chi connectivity index (χ3v) is 3.69. The first kappa shape index (κ1) is 14.5. The van der Waals surface area contributed by atoms with Crippen LogP contribution in [-0.2, 0) is 16.1 Å². The van der Waals surface area contributed by atoms with Gasteiger partial charge in [0, 0.05) is 31.5 Å². The highest BCUT2D eigenvalue weighted by molar-refractivity contribution is 5.84. The molecule has 0 spiro atoms. The first-order valence-electron chi connectivity index (χ1n) is 7.15. The van der Waals surface area contributed by atoms with Crippen LogP contribution in [0.3, 0.4) is 0 Å². The van der Waals surface area contributed by atoms with Gasteiger partial charge in [0.25, 0.3) is 0 Å². The lowest BCUT2D eigenvalue weighted by Crippen LogP contribution is -2.40. The maximum Gasteiger partial charge on any atom is 0.326 e. The van der Waals surface area contributed by atoms with Crippen LogP contribution in [0.4, 0.5) is 0 Å². The van der Waals surface area contributed by atoms with Crippen LogP contribution in [0.2, 0.25) is 0 Å². The number of aryl methyl sites for hydroxylation is 1. The first-order chi connectivity index (χ1) is 9.68. The maximum absolute atomic E-state index is 12.0. The van der Waals surface area contributed by atoms with Crippen LogP contribution in [0, 0.1) is 0 Å². The SMILES string of the molecule is O=C(O)C1CCCN1C(=O)CCCC[n+]1ccccc1. The zero-order valence-corrected chi connectivity index (χ0v) is 11.6. The molecule has 0 aliphatic carbocycles. The Hall–Kier alpha value is -1.91. The lowest BCUT2D eigenvalue weighted by molar-refractivity contribution is -0.697. The van der Waals surface area contributed by atoms with Crippen molar-refractivity contribution in [3.8, 4) is 0 Å². The molecule has 0 aromatic carbocycles. The van der Waals surface area contributed by atoms with Gasteiger partial charge in [-0.1, -0.05) is 6.07 Å². The molecule has 108 valence electrons. The van der Waals surface area contributed by atoms with Crippen molar-refractivity contribution in [3.05, 3.63) is 30.6 Å². The molecule has 1 amide bonds. The number of pyridine rings is 1. The summed E-state index contributed by atoms with van der Waals surface area (Å²) < 4.78 is 2.08. The second kappa shape index (κ2) is 7.03. The molecule has 0 bridgehead atoms. The summed E-state index contributed by atoms with van der Waals surface area (Å²) in [4.78, 5) is 24.6. The highest BCUT2D eigenvalue weighted by Gasteiger charge is 2.33. The fourth-order valence-corrected chi connectivity index (χ4v) is 2.62. The average molecular weight is 277 g/mol. The van der Waals surface area contributed by atoms with E-state index < -0.39 is 12.0 Å². The summed E-state index contributed by atoms with van der Waals surface area (Å²) >= 11 is 0. The molecule has 1 fully saturated rings. The molecular formula is C15H21N2O3+. The van der Waals surface area contributed by atoms with Crippen LogP contribution in [0.15, 0.2) is 30.6 Å². The number of nitrogens with zero attached hydrogens (tertiary/aromatic N) is 2. The molecule has 1 aliphatic heterocycles. The topological polar surface area (TPSA) is 61.5 Å². The molecule has 1 saturated heterocycles. The van der Waals surface area contributed by atoms with Crippen molar-refractivity contribution in [3.63, 3.8) is 0 Å². The number of aliphatic carboxylic acids is 1. The Labute approximate surface area is 118 Å². The van der Waals surface area contributed by atoms with Crippen molar-refractivity contribution in [2.45, 2.75) is 44.7 Å². The van der Waals surface area contributed by atoms with Gasteiger partial charge in [-0.3, -0.25) is 4.79 Å². The van der Waals surface area contributed by atoms with Crippen molar-refractivity contribution < 1.29 is 19.3 Å². The molecule has 1 aliphatic rings. The van der Waals surface area contributed by atoms with Crippen molar-refractivity contribution >= 4 is 11.9 Å². The Morgan fingerprint density at radius 1 is 1.20 bits per heavy atom. The summed E-state index contributed by atoms with van der Waals surface area (Å²) in [6.07, 6.45) is 7.54. The van der Waals surface area contributed by atoms with Gasteiger partial charge >= 0.3 is 5.97 Å². The third kappa shape index (κ3) is 3.79. The molecule has 1 N–H and O–H groups in total. The van der Waals surface area contributed by atoms with Gasteiger partial charge in [-0.05, 0) is 19.3 Å². The van der Waals surface area contributed by atoms with Crippen molar-refractivity contribution in [2.75, 3.05) is 6.54 Å². The molecule has 20 heavy (non-hydrogen) atoms. The minimum Gasteiger partial charge on any atom is -0.480 e. The van der Waals surface area contributed by atoms with Gasteiger partial charge < -0.3 is 10.0 Å². The van der Waals surface area contributed by atoms with Gasteiger partial charge in [0.1, 0.15) is 12.6 Å². The van der Waals surface area contributed by atoms with E-state index in [0.717, 1.165) is 25.8 Å². The van der Waals surface area contributed by atoms with E-state index in [1.54, 1.807) is 0 Å². The van der Waals surface area contributed by atoms with E-state index in [0.29, 0.717) is 19.4 Å². The number of aromatic nitrogens is 1. The lowest BCUT2D eigenvalue weighted by atomic mass is 10.2. The van der Waals surface area contributed by atoms with E-state index >= 15 is 0 Å². The van der Waals surface area contributed by atoms with Crippen LogP contribution in [-0.4, -0.2) is 34.5 Å². The average Bonchev–Trinajstić information content (AvgIpc) is 2.94. The summed E-state index contributed by atoms with van der Waals surface area (Å²) in [5.41, 5.74) is 0. The molecule has 5 heteroatoms. The highest BCUT2D eigenvalue weighted by Crippen LogP contribution is 2.19. The predicted octanol–water partition coefficient (Wildman–Crippen LogP) is 1.22. The minimum absolute atomic E-state index is 0.0204. The van der Waals surface area contributed by atoms with Crippen LogP contribution in [0.25, 0.3) is 0 Å². The monoisotopic (exact) mass is 277 g/mol. The molecule has 0 radical (unpaired) electrons. The molecule has 5 nitrogen and oxygen atoms in total. The first-order valence-corrected chi connectivity index (χ1v) is 7.15. The Morgan fingerprint density at radius 3 is 2.65 bits per heavy atom. The van der Waals surface area contributed by atoms with E-state index in [9.17, 15) is 9.59 Å². The van der Waals surface area contributed by atoms with E-state index in [2.05, 4.69) is 4.57 Å². The zero-order chi connectivity index (χ0) is 14.4. The lowest BCUT2D eigenvalue weighted by Gasteiger charge is -2.21. The quantitative estimate of drug-likeness (QED) is 0.628. The van der Waals surface area contributed by atoms with Gasteiger partial charge in [-0.25, -0.2) is 9.36 Å². The number of likely N-dealkylation sites (tertiary alicyclic amines) is 1. The molecular weight excluding hydrogens is 256 g/mol. The molecule has 1 unspecified atom stereocenters. The summed E-state index contributed by atoms with van der Waals surface area (Å²) in [6, 6.07) is 5.32. The summed E-state index contributed by atoms with van der Waals surface area (Å²) in [5, 5.41) is 9.06. The van der Waals surface area contributed by atoms with Crippen molar-refractivity contribution in [2.24, 2.45) is 0 Å². The summed E-state index contributed by atoms with van der Waals surface area (Å²) in [6.45, 7) is 1.47. The molecule has 1 aromatic heterocycles. The molecule has 2 heterocycles. The van der Waals surface area contributed by atoms with Gasteiger partial charge in [-0.2, -0.15) is 0 Å². The number of carboxylic acids is 1. The zero-order valence-electron chi connectivity index (χ0n) is 11.6. The largest absolute Gasteiger partial charge is 0.480 e.